The maximum absolute atomic E-state index is 11.5. The second-order valence-electron chi connectivity index (χ2n) is 3.44. The molecule has 1 aliphatic rings. The summed E-state index contributed by atoms with van der Waals surface area (Å²) in [6, 6.07) is 0. The molecule has 0 spiro atoms. The van der Waals surface area contributed by atoms with Crippen LogP contribution in [0.15, 0.2) is 0 Å². The van der Waals surface area contributed by atoms with E-state index in [1.54, 1.807) is 12.1 Å². The molecule has 0 aromatic carbocycles. The second kappa shape index (κ2) is 2.81. The Morgan fingerprint density at radius 3 is 2.82 bits per heavy atom. The van der Waals surface area contributed by atoms with E-state index in [2.05, 4.69) is 12.3 Å². The van der Waals surface area contributed by atoms with Gasteiger partial charge in [-0.3, -0.25) is 9.80 Å². The number of rotatable bonds is 1. The van der Waals surface area contributed by atoms with E-state index in [-0.39, 0.29) is 11.3 Å². The summed E-state index contributed by atoms with van der Waals surface area (Å²) in [4.78, 5) is 11.5. The first-order chi connectivity index (χ1) is 5.10. The predicted octanol–water partition coefficient (Wildman–Crippen LogP) is 0.769. The average molecular weight is 156 g/mol. The minimum Gasteiger partial charge on any atom is -0.281 e. The maximum atomic E-state index is 11.5. The number of hydrazine groups is 1. The van der Waals surface area contributed by atoms with Gasteiger partial charge >= 0.3 is 0 Å². The van der Waals surface area contributed by atoms with Gasteiger partial charge in [0.05, 0.1) is 0 Å². The zero-order valence-corrected chi connectivity index (χ0v) is 7.48. The predicted molar refractivity (Wildman–Crippen MR) is 43.8 cm³/mol. The van der Waals surface area contributed by atoms with Crippen molar-refractivity contribution >= 4 is 5.91 Å². The van der Waals surface area contributed by atoms with E-state index in [0.29, 0.717) is 0 Å². The van der Waals surface area contributed by atoms with Gasteiger partial charge in [-0.15, -0.1) is 0 Å². The lowest BCUT2D eigenvalue weighted by molar-refractivity contribution is -0.147. The molecule has 3 heteroatoms. The number of carbonyl (C=O) groups excluding carboxylic acids is 1. The van der Waals surface area contributed by atoms with Crippen molar-refractivity contribution in [3.05, 3.63) is 0 Å². The third-order valence-corrected chi connectivity index (χ3v) is 2.63. The monoisotopic (exact) mass is 156 g/mol. The summed E-state index contributed by atoms with van der Waals surface area (Å²) in [7, 11) is 1.79. The number of carbonyl (C=O) groups is 1. The van der Waals surface area contributed by atoms with Crippen LogP contribution in [0.4, 0.5) is 0 Å². The van der Waals surface area contributed by atoms with Gasteiger partial charge in [-0.2, -0.15) is 0 Å². The van der Waals surface area contributed by atoms with Crippen LogP contribution in [0.1, 0.15) is 26.7 Å². The minimum atomic E-state index is -0.125. The van der Waals surface area contributed by atoms with Gasteiger partial charge in [-0.1, -0.05) is 13.8 Å². The maximum Gasteiger partial charge on any atom is 0.242 e. The van der Waals surface area contributed by atoms with Gasteiger partial charge in [-0.25, -0.2) is 5.43 Å². The van der Waals surface area contributed by atoms with Crippen LogP contribution in [-0.2, 0) is 4.79 Å². The van der Waals surface area contributed by atoms with E-state index >= 15 is 0 Å². The molecule has 1 fully saturated rings. The lowest BCUT2D eigenvalue weighted by atomic mass is 9.82. The first-order valence-corrected chi connectivity index (χ1v) is 4.12. The lowest BCUT2D eigenvalue weighted by Crippen LogP contribution is -2.53. The second-order valence-corrected chi connectivity index (χ2v) is 3.44. The zero-order chi connectivity index (χ0) is 8.48. The van der Waals surface area contributed by atoms with Gasteiger partial charge in [0, 0.05) is 19.0 Å². The molecule has 1 saturated heterocycles. The fourth-order valence-corrected chi connectivity index (χ4v) is 1.41. The first kappa shape index (κ1) is 8.53. The molecule has 1 aliphatic heterocycles. The number of nitrogens with one attached hydrogen (secondary N) is 1. The molecule has 64 valence electrons. The van der Waals surface area contributed by atoms with E-state index in [0.717, 1.165) is 19.4 Å². The molecule has 0 bridgehead atoms. The van der Waals surface area contributed by atoms with Crippen molar-refractivity contribution in [2.45, 2.75) is 26.7 Å². The van der Waals surface area contributed by atoms with Gasteiger partial charge in [0.2, 0.25) is 5.91 Å². The van der Waals surface area contributed by atoms with Crippen LogP contribution in [0.3, 0.4) is 0 Å². The molecule has 3 nitrogen and oxygen atoms in total. The molecule has 11 heavy (non-hydrogen) atoms. The molecule has 0 aromatic heterocycles. The Morgan fingerprint density at radius 2 is 2.36 bits per heavy atom. The SMILES string of the molecule is CCC1(C)CCNN(C)C1=O. The molecule has 1 unspecified atom stereocenters. The summed E-state index contributed by atoms with van der Waals surface area (Å²) in [6.07, 6.45) is 1.88. The van der Waals surface area contributed by atoms with Gasteiger partial charge < -0.3 is 0 Å². The summed E-state index contributed by atoms with van der Waals surface area (Å²) in [5.74, 6) is 0.214. The summed E-state index contributed by atoms with van der Waals surface area (Å²) in [6.45, 7) is 5.01. The molecule has 0 saturated carbocycles. The molecule has 0 radical (unpaired) electrons. The van der Waals surface area contributed by atoms with Crippen LogP contribution in [0.5, 0.6) is 0 Å². The zero-order valence-electron chi connectivity index (χ0n) is 7.48. The van der Waals surface area contributed by atoms with Gasteiger partial charge in [0.25, 0.3) is 0 Å². The molecule has 1 N–H and O–H groups in total. The third-order valence-electron chi connectivity index (χ3n) is 2.63. The number of amides is 1. The highest BCUT2D eigenvalue weighted by atomic mass is 16.2. The Morgan fingerprint density at radius 1 is 1.73 bits per heavy atom. The van der Waals surface area contributed by atoms with E-state index in [1.165, 1.54) is 0 Å². The highest BCUT2D eigenvalue weighted by molar-refractivity contribution is 5.82. The van der Waals surface area contributed by atoms with Gasteiger partial charge in [0.15, 0.2) is 0 Å². The molecular weight excluding hydrogens is 140 g/mol. The minimum absolute atomic E-state index is 0.125. The van der Waals surface area contributed by atoms with Crippen LogP contribution >= 0.6 is 0 Å². The Bertz CT molecular complexity index is 169. The summed E-state index contributed by atoms with van der Waals surface area (Å²) >= 11 is 0. The summed E-state index contributed by atoms with van der Waals surface area (Å²) in [5.41, 5.74) is 2.88. The van der Waals surface area contributed by atoms with Gasteiger partial charge in [-0.05, 0) is 12.8 Å². The van der Waals surface area contributed by atoms with Crippen molar-refractivity contribution in [3.63, 3.8) is 0 Å². The Kier molecular flexibility index (Phi) is 2.18. The van der Waals surface area contributed by atoms with Gasteiger partial charge in [0.1, 0.15) is 0 Å². The van der Waals surface area contributed by atoms with Crippen molar-refractivity contribution < 1.29 is 4.79 Å². The Labute approximate surface area is 67.7 Å². The molecule has 1 rings (SSSR count). The van der Waals surface area contributed by atoms with Crippen LogP contribution in [0.25, 0.3) is 0 Å². The topological polar surface area (TPSA) is 32.3 Å². The smallest absolute Gasteiger partial charge is 0.242 e. The summed E-state index contributed by atoms with van der Waals surface area (Å²) in [5, 5.41) is 1.60. The van der Waals surface area contributed by atoms with Crippen LogP contribution in [-0.4, -0.2) is 24.5 Å². The fourth-order valence-electron chi connectivity index (χ4n) is 1.41. The quantitative estimate of drug-likeness (QED) is 0.608. The largest absolute Gasteiger partial charge is 0.281 e. The van der Waals surface area contributed by atoms with E-state index < -0.39 is 0 Å². The van der Waals surface area contributed by atoms with E-state index in [9.17, 15) is 4.79 Å². The number of nitrogens with zero attached hydrogens (tertiary/aromatic N) is 1. The van der Waals surface area contributed by atoms with Crippen molar-refractivity contribution in [2.24, 2.45) is 5.41 Å². The van der Waals surface area contributed by atoms with Crippen LogP contribution in [0, 0.1) is 5.41 Å². The standard InChI is InChI=1S/C8H16N2O/c1-4-8(2)5-6-9-10(3)7(8)11/h9H,4-6H2,1-3H3. The highest BCUT2D eigenvalue weighted by Gasteiger charge is 2.36. The molecule has 1 atom stereocenters. The van der Waals surface area contributed by atoms with Crippen molar-refractivity contribution in [2.75, 3.05) is 13.6 Å². The van der Waals surface area contributed by atoms with E-state index in [1.807, 2.05) is 6.92 Å². The van der Waals surface area contributed by atoms with Crippen molar-refractivity contribution in [3.8, 4) is 0 Å². The van der Waals surface area contributed by atoms with Crippen molar-refractivity contribution in [1.29, 1.82) is 0 Å². The van der Waals surface area contributed by atoms with Crippen LogP contribution in [0.2, 0.25) is 0 Å². The van der Waals surface area contributed by atoms with Crippen LogP contribution < -0.4 is 5.43 Å². The summed E-state index contributed by atoms with van der Waals surface area (Å²) < 4.78 is 0. The molecule has 0 aliphatic carbocycles. The lowest BCUT2D eigenvalue weighted by Gasteiger charge is -2.37. The molecule has 1 heterocycles. The van der Waals surface area contributed by atoms with Crippen molar-refractivity contribution in [1.82, 2.24) is 10.4 Å². The average Bonchev–Trinajstić information content (AvgIpc) is 2.00. The highest BCUT2D eigenvalue weighted by Crippen LogP contribution is 2.29. The number of hydrogen-bond acceptors (Lipinski definition) is 2. The molecule has 1 amide bonds. The first-order valence-electron chi connectivity index (χ1n) is 4.12. The van der Waals surface area contributed by atoms with E-state index in [4.69, 9.17) is 0 Å². The molecule has 0 aromatic rings. The third kappa shape index (κ3) is 1.38. The fraction of sp³-hybridized carbons (Fsp3) is 0.875. The Hall–Kier alpha value is -0.570. The Balaban J connectivity index is 2.72. The number of hydrogen-bond donors (Lipinski definition) is 1. The molecular formula is C8H16N2O. The normalized spacial score (nSPS) is 32.6.